The van der Waals surface area contributed by atoms with E-state index in [1.807, 2.05) is 31.2 Å². The number of aryl methyl sites for hydroxylation is 1. The van der Waals surface area contributed by atoms with Gasteiger partial charge in [-0.25, -0.2) is 0 Å². The lowest BCUT2D eigenvalue weighted by Crippen LogP contribution is -2.04. The molecule has 0 fully saturated rings. The van der Waals surface area contributed by atoms with Gasteiger partial charge in [0.05, 0.1) is 5.69 Å². The van der Waals surface area contributed by atoms with E-state index < -0.39 is 0 Å². The van der Waals surface area contributed by atoms with Crippen LogP contribution in [0.15, 0.2) is 35.1 Å². The molecule has 1 heterocycles. The Morgan fingerprint density at radius 3 is 2.80 bits per heavy atom. The summed E-state index contributed by atoms with van der Waals surface area (Å²) in [6, 6.07) is 9.04. The quantitative estimate of drug-likeness (QED) is 0.833. The first-order chi connectivity index (χ1) is 7.22. The Labute approximate surface area is 92.3 Å². The van der Waals surface area contributed by atoms with Crippen LogP contribution in [0.2, 0.25) is 5.02 Å². The zero-order chi connectivity index (χ0) is 10.8. The van der Waals surface area contributed by atoms with Crippen molar-refractivity contribution in [2.45, 2.75) is 13.5 Å². The third kappa shape index (κ3) is 1.83. The highest BCUT2D eigenvalue weighted by molar-refractivity contribution is 6.33. The molecule has 0 unspecified atom stereocenters. The molecule has 0 spiro atoms. The first kappa shape index (κ1) is 10.1. The molecule has 0 bridgehead atoms. The molecule has 0 amide bonds. The number of H-pyrrole nitrogens is 1. The molecule has 0 saturated heterocycles. The Bertz CT molecular complexity index is 527. The molecule has 1 N–H and O–H groups in total. The van der Waals surface area contributed by atoms with E-state index in [1.165, 1.54) is 0 Å². The highest BCUT2D eigenvalue weighted by Crippen LogP contribution is 2.26. The van der Waals surface area contributed by atoms with E-state index in [1.54, 1.807) is 10.7 Å². The third-order valence-electron chi connectivity index (χ3n) is 2.27. The molecule has 1 aromatic heterocycles. The van der Waals surface area contributed by atoms with Gasteiger partial charge in [0.1, 0.15) is 0 Å². The molecule has 78 valence electrons. The van der Waals surface area contributed by atoms with Crippen LogP contribution in [-0.4, -0.2) is 9.78 Å². The maximum Gasteiger partial charge on any atom is 0.264 e. The van der Waals surface area contributed by atoms with Gasteiger partial charge < -0.3 is 0 Å². The SMILES string of the molecule is CCn1[nH]c(=O)cc1-c1ccccc1Cl. The van der Waals surface area contributed by atoms with Gasteiger partial charge >= 0.3 is 0 Å². The van der Waals surface area contributed by atoms with Crippen molar-refractivity contribution < 1.29 is 0 Å². The summed E-state index contributed by atoms with van der Waals surface area (Å²) in [7, 11) is 0. The number of hydrogen-bond acceptors (Lipinski definition) is 1. The number of rotatable bonds is 2. The lowest BCUT2D eigenvalue weighted by Gasteiger charge is -2.06. The number of benzene rings is 1. The van der Waals surface area contributed by atoms with Crippen molar-refractivity contribution in [1.82, 2.24) is 9.78 Å². The second-order valence-electron chi connectivity index (χ2n) is 3.23. The fourth-order valence-corrected chi connectivity index (χ4v) is 1.80. The lowest BCUT2D eigenvalue weighted by molar-refractivity contribution is 0.660. The maximum atomic E-state index is 11.2. The molecule has 0 saturated carbocycles. The Kier molecular flexibility index (Phi) is 2.64. The topological polar surface area (TPSA) is 37.8 Å². The van der Waals surface area contributed by atoms with Crippen LogP contribution in [0, 0.1) is 0 Å². The van der Waals surface area contributed by atoms with E-state index in [-0.39, 0.29) is 5.56 Å². The second-order valence-corrected chi connectivity index (χ2v) is 3.64. The molecule has 2 aromatic rings. The predicted molar refractivity (Wildman–Crippen MR) is 61.2 cm³/mol. The minimum atomic E-state index is -0.105. The van der Waals surface area contributed by atoms with E-state index in [4.69, 9.17) is 11.6 Å². The predicted octanol–water partition coefficient (Wildman–Crippen LogP) is 2.52. The van der Waals surface area contributed by atoms with Crippen molar-refractivity contribution in [2.75, 3.05) is 0 Å². The number of hydrogen-bond donors (Lipinski definition) is 1. The molecule has 4 heteroatoms. The molecule has 0 aliphatic carbocycles. The van der Waals surface area contributed by atoms with Crippen LogP contribution in [-0.2, 0) is 6.54 Å². The highest BCUT2D eigenvalue weighted by Gasteiger charge is 2.08. The zero-order valence-corrected chi connectivity index (χ0v) is 9.08. The van der Waals surface area contributed by atoms with Gasteiger partial charge in [-0.3, -0.25) is 14.6 Å². The normalized spacial score (nSPS) is 10.5. The minimum absolute atomic E-state index is 0.105. The summed E-state index contributed by atoms with van der Waals surface area (Å²) in [5.41, 5.74) is 1.60. The number of halogens is 1. The van der Waals surface area contributed by atoms with E-state index in [2.05, 4.69) is 5.10 Å². The van der Waals surface area contributed by atoms with Crippen molar-refractivity contribution in [3.8, 4) is 11.3 Å². The summed E-state index contributed by atoms with van der Waals surface area (Å²) >= 11 is 6.07. The average molecular weight is 223 g/mol. The summed E-state index contributed by atoms with van der Waals surface area (Å²) in [4.78, 5) is 11.2. The Morgan fingerprint density at radius 2 is 2.13 bits per heavy atom. The number of nitrogens with one attached hydrogen (secondary N) is 1. The lowest BCUT2D eigenvalue weighted by atomic mass is 10.1. The molecule has 3 nitrogen and oxygen atoms in total. The molecule has 0 aliphatic rings. The zero-order valence-electron chi connectivity index (χ0n) is 8.33. The molecular weight excluding hydrogens is 212 g/mol. The second kappa shape index (κ2) is 3.95. The van der Waals surface area contributed by atoms with Crippen LogP contribution in [0.4, 0.5) is 0 Å². The van der Waals surface area contributed by atoms with Crippen LogP contribution < -0.4 is 5.56 Å². The summed E-state index contributed by atoms with van der Waals surface area (Å²) in [6.45, 7) is 2.68. The molecule has 2 rings (SSSR count). The van der Waals surface area contributed by atoms with Crippen molar-refractivity contribution >= 4 is 11.6 Å². The number of aromatic amines is 1. The standard InChI is InChI=1S/C11H11ClN2O/c1-2-14-10(7-11(15)13-14)8-5-3-4-6-9(8)12/h3-7H,2H2,1H3,(H,13,15). The molecular formula is C11H11ClN2O. The van der Waals surface area contributed by atoms with Crippen molar-refractivity contribution in [3.05, 3.63) is 45.7 Å². The van der Waals surface area contributed by atoms with E-state index >= 15 is 0 Å². The molecule has 0 atom stereocenters. The smallest absolute Gasteiger partial charge is 0.264 e. The summed E-state index contributed by atoms with van der Waals surface area (Å²) in [6.07, 6.45) is 0. The fraction of sp³-hybridized carbons (Fsp3) is 0.182. The van der Waals surface area contributed by atoms with Crippen LogP contribution in [0.5, 0.6) is 0 Å². The molecule has 0 aliphatic heterocycles. The Balaban J connectivity index is 2.63. The molecule has 1 aromatic carbocycles. The average Bonchev–Trinajstić information content (AvgIpc) is 2.60. The van der Waals surface area contributed by atoms with Gasteiger partial charge in [0.2, 0.25) is 0 Å². The first-order valence-corrected chi connectivity index (χ1v) is 5.15. The van der Waals surface area contributed by atoms with Crippen molar-refractivity contribution in [1.29, 1.82) is 0 Å². The molecule has 15 heavy (non-hydrogen) atoms. The van der Waals surface area contributed by atoms with E-state index in [9.17, 15) is 4.79 Å². The summed E-state index contributed by atoms with van der Waals surface area (Å²) in [5, 5.41) is 3.37. The van der Waals surface area contributed by atoms with Crippen molar-refractivity contribution in [3.63, 3.8) is 0 Å². The summed E-state index contributed by atoms with van der Waals surface area (Å²) in [5.74, 6) is 0. The monoisotopic (exact) mass is 222 g/mol. The fourth-order valence-electron chi connectivity index (χ4n) is 1.57. The van der Waals surface area contributed by atoms with Gasteiger partial charge in [-0.2, -0.15) is 0 Å². The third-order valence-corrected chi connectivity index (χ3v) is 2.60. The largest absolute Gasteiger partial charge is 0.285 e. The highest BCUT2D eigenvalue weighted by atomic mass is 35.5. The maximum absolute atomic E-state index is 11.2. The minimum Gasteiger partial charge on any atom is -0.285 e. The number of nitrogens with zero attached hydrogens (tertiary/aromatic N) is 1. The van der Waals surface area contributed by atoms with Gasteiger partial charge in [0.25, 0.3) is 5.56 Å². The van der Waals surface area contributed by atoms with Gasteiger partial charge in [0.15, 0.2) is 0 Å². The van der Waals surface area contributed by atoms with Gasteiger partial charge in [-0.15, -0.1) is 0 Å². The van der Waals surface area contributed by atoms with E-state index in [0.29, 0.717) is 11.6 Å². The number of aromatic nitrogens is 2. The van der Waals surface area contributed by atoms with Crippen LogP contribution in [0.3, 0.4) is 0 Å². The first-order valence-electron chi connectivity index (χ1n) is 4.77. The van der Waals surface area contributed by atoms with Gasteiger partial charge in [0, 0.05) is 23.2 Å². The molecule has 0 radical (unpaired) electrons. The van der Waals surface area contributed by atoms with Gasteiger partial charge in [-0.1, -0.05) is 29.8 Å². The van der Waals surface area contributed by atoms with Crippen LogP contribution >= 0.6 is 11.6 Å². The van der Waals surface area contributed by atoms with E-state index in [0.717, 1.165) is 11.3 Å². The van der Waals surface area contributed by atoms with Gasteiger partial charge in [-0.05, 0) is 13.0 Å². The Hall–Kier alpha value is -1.48. The van der Waals surface area contributed by atoms with Crippen LogP contribution in [0.25, 0.3) is 11.3 Å². The Morgan fingerprint density at radius 1 is 1.40 bits per heavy atom. The summed E-state index contributed by atoms with van der Waals surface area (Å²) < 4.78 is 1.78. The van der Waals surface area contributed by atoms with Crippen molar-refractivity contribution in [2.24, 2.45) is 0 Å². The van der Waals surface area contributed by atoms with Crippen LogP contribution in [0.1, 0.15) is 6.92 Å².